The van der Waals surface area contributed by atoms with Crippen LogP contribution in [0, 0.1) is 11.8 Å². The predicted molar refractivity (Wildman–Crippen MR) is 94.5 cm³/mol. The van der Waals surface area contributed by atoms with E-state index in [-0.39, 0.29) is 17.9 Å². The molecule has 2 bridgehead atoms. The third-order valence-corrected chi connectivity index (χ3v) is 5.49. The van der Waals surface area contributed by atoms with Crippen LogP contribution in [0.15, 0.2) is 22.8 Å². The zero-order chi connectivity index (χ0) is 17.5. The molecule has 2 atom stereocenters. The maximum absolute atomic E-state index is 12.4. The number of pyridine rings is 1. The molecule has 1 aromatic rings. The maximum Gasteiger partial charge on any atom is 0.410 e. The Morgan fingerprint density at radius 2 is 1.96 bits per heavy atom. The van der Waals surface area contributed by atoms with E-state index in [9.17, 15) is 9.90 Å². The van der Waals surface area contributed by atoms with Gasteiger partial charge in [-0.2, -0.15) is 0 Å². The Balaban J connectivity index is 1.83. The molecule has 6 heteroatoms. The number of halogens is 1. The molecule has 5 nitrogen and oxygen atoms in total. The van der Waals surface area contributed by atoms with Gasteiger partial charge in [0, 0.05) is 35.6 Å². The van der Waals surface area contributed by atoms with E-state index >= 15 is 0 Å². The first-order valence-electron chi connectivity index (χ1n) is 8.52. The van der Waals surface area contributed by atoms with Crippen LogP contribution in [-0.2, 0) is 10.3 Å². The summed E-state index contributed by atoms with van der Waals surface area (Å²) in [5.41, 5.74) is -0.755. The van der Waals surface area contributed by atoms with Crippen molar-refractivity contribution < 1.29 is 14.6 Å². The molecule has 1 aliphatic carbocycles. The van der Waals surface area contributed by atoms with Crippen LogP contribution < -0.4 is 0 Å². The highest BCUT2D eigenvalue weighted by molar-refractivity contribution is 9.10. The minimum Gasteiger partial charge on any atom is -0.444 e. The van der Waals surface area contributed by atoms with Gasteiger partial charge in [-0.25, -0.2) is 4.79 Å². The van der Waals surface area contributed by atoms with Gasteiger partial charge in [-0.15, -0.1) is 0 Å². The molecule has 2 heterocycles. The van der Waals surface area contributed by atoms with E-state index in [1.165, 1.54) is 0 Å². The van der Waals surface area contributed by atoms with Gasteiger partial charge in [0.05, 0.1) is 5.69 Å². The molecule has 132 valence electrons. The SMILES string of the molecule is CC(C)(C)OC(=O)N1CC2CCCC(C1)C2(O)c1ccc(Br)cn1. The fourth-order valence-electron chi connectivity index (χ4n) is 3.96. The Labute approximate surface area is 151 Å². The van der Waals surface area contributed by atoms with Crippen LogP contribution >= 0.6 is 15.9 Å². The number of hydrogen-bond acceptors (Lipinski definition) is 4. The van der Waals surface area contributed by atoms with Crippen molar-refractivity contribution in [1.29, 1.82) is 0 Å². The quantitative estimate of drug-likeness (QED) is 0.785. The molecule has 2 unspecified atom stereocenters. The van der Waals surface area contributed by atoms with Crippen LogP contribution in [0.4, 0.5) is 4.79 Å². The lowest BCUT2D eigenvalue weighted by atomic mass is 9.64. The van der Waals surface area contributed by atoms with Crippen LogP contribution in [0.2, 0.25) is 0 Å². The zero-order valence-corrected chi connectivity index (χ0v) is 16.0. The van der Waals surface area contributed by atoms with Crippen molar-refractivity contribution in [2.24, 2.45) is 11.8 Å². The van der Waals surface area contributed by atoms with Crippen LogP contribution in [0.5, 0.6) is 0 Å². The average Bonchev–Trinajstić information content (AvgIpc) is 2.45. The Morgan fingerprint density at radius 3 is 2.46 bits per heavy atom. The second-order valence-electron chi connectivity index (χ2n) is 7.90. The van der Waals surface area contributed by atoms with Gasteiger partial charge in [-0.05, 0) is 61.7 Å². The van der Waals surface area contributed by atoms with Crippen LogP contribution in [0.3, 0.4) is 0 Å². The average molecular weight is 397 g/mol. The topological polar surface area (TPSA) is 62.7 Å². The highest BCUT2D eigenvalue weighted by atomic mass is 79.9. The van der Waals surface area contributed by atoms with Crippen molar-refractivity contribution in [3.63, 3.8) is 0 Å². The maximum atomic E-state index is 12.4. The monoisotopic (exact) mass is 396 g/mol. The van der Waals surface area contributed by atoms with Crippen molar-refractivity contribution in [2.45, 2.75) is 51.2 Å². The van der Waals surface area contributed by atoms with Gasteiger partial charge < -0.3 is 14.7 Å². The fourth-order valence-corrected chi connectivity index (χ4v) is 4.19. The van der Waals surface area contributed by atoms with Gasteiger partial charge in [0.2, 0.25) is 0 Å². The van der Waals surface area contributed by atoms with E-state index in [0.717, 1.165) is 23.7 Å². The third-order valence-electron chi connectivity index (χ3n) is 5.02. The highest BCUT2D eigenvalue weighted by Gasteiger charge is 2.53. The van der Waals surface area contributed by atoms with Gasteiger partial charge in [-0.3, -0.25) is 4.98 Å². The number of amides is 1. The number of hydrogen-bond donors (Lipinski definition) is 1. The van der Waals surface area contributed by atoms with Gasteiger partial charge >= 0.3 is 6.09 Å². The molecular formula is C18H25BrN2O3. The van der Waals surface area contributed by atoms with Crippen LogP contribution in [-0.4, -0.2) is 39.8 Å². The third kappa shape index (κ3) is 3.31. The molecule has 24 heavy (non-hydrogen) atoms. The summed E-state index contributed by atoms with van der Waals surface area (Å²) in [6.45, 7) is 6.65. The minimum atomic E-state index is -0.961. The number of carbonyl (C=O) groups excluding carboxylic acids is 1. The normalized spacial score (nSPS) is 30.1. The molecule has 2 aliphatic rings. The second kappa shape index (κ2) is 6.30. The minimum absolute atomic E-state index is 0.00815. The molecule has 1 saturated carbocycles. The molecule has 1 saturated heterocycles. The summed E-state index contributed by atoms with van der Waals surface area (Å²) >= 11 is 3.39. The van der Waals surface area contributed by atoms with E-state index < -0.39 is 11.2 Å². The molecule has 2 fully saturated rings. The lowest BCUT2D eigenvalue weighted by Gasteiger charge is -2.52. The summed E-state index contributed by atoms with van der Waals surface area (Å²) in [4.78, 5) is 18.6. The molecule has 0 aromatic carbocycles. The van der Waals surface area contributed by atoms with E-state index in [1.54, 1.807) is 11.1 Å². The predicted octanol–water partition coefficient (Wildman–Crippen LogP) is 3.70. The number of likely N-dealkylation sites (tertiary alicyclic amines) is 1. The number of ether oxygens (including phenoxy) is 1. The largest absolute Gasteiger partial charge is 0.444 e. The van der Waals surface area contributed by atoms with Gasteiger partial charge in [0.15, 0.2) is 0 Å². The number of rotatable bonds is 1. The first-order valence-corrected chi connectivity index (χ1v) is 9.32. The Kier molecular flexibility index (Phi) is 4.64. The fraction of sp³-hybridized carbons (Fsp3) is 0.667. The number of carbonyl (C=O) groups is 1. The lowest BCUT2D eigenvalue weighted by Crippen LogP contribution is -2.60. The summed E-state index contributed by atoms with van der Waals surface area (Å²) in [5.74, 6) is -0.0163. The molecule has 1 aliphatic heterocycles. The molecular weight excluding hydrogens is 372 g/mol. The van der Waals surface area contributed by atoms with Crippen molar-refractivity contribution >= 4 is 22.0 Å². The van der Waals surface area contributed by atoms with Gasteiger partial charge in [-0.1, -0.05) is 6.42 Å². The summed E-state index contributed by atoms with van der Waals surface area (Å²) in [5, 5.41) is 11.5. The van der Waals surface area contributed by atoms with E-state index in [0.29, 0.717) is 18.8 Å². The van der Waals surface area contributed by atoms with Crippen molar-refractivity contribution in [2.75, 3.05) is 13.1 Å². The van der Waals surface area contributed by atoms with Crippen molar-refractivity contribution in [3.05, 3.63) is 28.5 Å². The molecule has 1 aromatic heterocycles. The second-order valence-corrected chi connectivity index (χ2v) is 8.81. The zero-order valence-electron chi connectivity index (χ0n) is 14.5. The first-order chi connectivity index (χ1) is 11.2. The van der Waals surface area contributed by atoms with Crippen molar-refractivity contribution in [3.8, 4) is 0 Å². The Bertz CT molecular complexity index is 598. The lowest BCUT2D eigenvalue weighted by molar-refractivity contribution is -0.146. The van der Waals surface area contributed by atoms with E-state index in [4.69, 9.17) is 4.74 Å². The molecule has 0 radical (unpaired) electrons. The standard InChI is InChI=1S/C18H25BrN2O3/c1-17(2,3)24-16(22)21-10-12-5-4-6-13(11-21)18(12,23)15-8-7-14(19)9-20-15/h7-9,12-13,23H,4-6,10-11H2,1-3H3. The summed E-state index contributed by atoms with van der Waals surface area (Å²) < 4.78 is 6.41. The summed E-state index contributed by atoms with van der Waals surface area (Å²) in [6, 6.07) is 3.80. The van der Waals surface area contributed by atoms with Crippen molar-refractivity contribution in [1.82, 2.24) is 9.88 Å². The van der Waals surface area contributed by atoms with Crippen LogP contribution in [0.25, 0.3) is 0 Å². The number of aliphatic hydroxyl groups is 1. The number of aromatic nitrogens is 1. The van der Waals surface area contributed by atoms with E-state index in [2.05, 4.69) is 20.9 Å². The molecule has 1 N–H and O–H groups in total. The van der Waals surface area contributed by atoms with Gasteiger partial charge in [0.1, 0.15) is 11.2 Å². The smallest absolute Gasteiger partial charge is 0.410 e. The van der Waals surface area contributed by atoms with Gasteiger partial charge in [0.25, 0.3) is 0 Å². The molecule has 3 rings (SSSR count). The van der Waals surface area contributed by atoms with Crippen LogP contribution in [0.1, 0.15) is 45.7 Å². The number of piperidine rings is 1. The molecule has 0 spiro atoms. The Hall–Kier alpha value is -1.14. The highest BCUT2D eigenvalue weighted by Crippen LogP contribution is 2.48. The number of fused-ring (bicyclic) bond motifs is 2. The summed E-state index contributed by atoms with van der Waals surface area (Å²) in [6.07, 6.45) is 4.30. The van der Waals surface area contributed by atoms with E-state index in [1.807, 2.05) is 32.9 Å². The Morgan fingerprint density at radius 1 is 1.33 bits per heavy atom. The molecule has 1 amide bonds. The number of nitrogens with zero attached hydrogens (tertiary/aromatic N) is 2. The first kappa shape index (κ1) is 17.7. The summed E-state index contributed by atoms with van der Waals surface area (Å²) in [7, 11) is 0.